The average Bonchev–Trinajstić information content (AvgIpc) is 3.11. The second-order valence-corrected chi connectivity index (χ2v) is 6.36. The van der Waals surface area contributed by atoms with Crippen LogP contribution in [-0.4, -0.2) is 31.9 Å². The number of ether oxygens (including phenoxy) is 2. The predicted molar refractivity (Wildman–Crippen MR) is 101 cm³/mol. The van der Waals surface area contributed by atoms with Crippen LogP contribution >= 0.6 is 23.2 Å². The summed E-state index contributed by atoms with van der Waals surface area (Å²) in [6, 6.07) is 10.2. The van der Waals surface area contributed by atoms with Crippen LogP contribution in [0.5, 0.6) is 11.5 Å². The van der Waals surface area contributed by atoms with Gasteiger partial charge in [0.15, 0.2) is 0 Å². The molecule has 1 aliphatic heterocycles. The topological polar surface area (TPSA) is 69.2 Å². The molecule has 0 aliphatic carbocycles. The van der Waals surface area contributed by atoms with Crippen molar-refractivity contribution in [1.82, 2.24) is 0 Å². The highest BCUT2D eigenvalue weighted by molar-refractivity contribution is 6.37. The van der Waals surface area contributed by atoms with Gasteiger partial charge in [-0.25, -0.2) is 0 Å². The molecule has 26 heavy (non-hydrogen) atoms. The van der Waals surface area contributed by atoms with Gasteiger partial charge in [-0.1, -0.05) is 34.4 Å². The molecule has 0 radical (unpaired) electrons. The lowest BCUT2D eigenvalue weighted by Gasteiger charge is -2.13. The van der Waals surface area contributed by atoms with Gasteiger partial charge in [-0.2, -0.15) is 0 Å². The quantitative estimate of drug-likeness (QED) is 0.826. The lowest BCUT2D eigenvalue weighted by molar-refractivity contribution is -0.125. The fourth-order valence-electron chi connectivity index (χ4n) is 2.53. The first-order valence-corrected chi connectivity index (χ1v) is 8.48. The number of amides is 1. The highest BCUT2D eigenvalue weighted by Gasteiger charge is 2.30. The van der Waals surface area contributed by atoms with Gasteiger partial charge in [0.05, 0.1) is 30.6 Å². The van der Waals surface area contributed by atoms with Crippen LogP contribution in [0.3, 0.4) is 0 Å². The fourth-order valence-corrected chi connectivity index (χ4v) is 3.04. The standard InChI is InChI=1S/C18H16Cl2N2O4/c1-24-11-4-6-16(25-2)15(8-11)21-18(23)17-9-14(22-26-17)12-5-3-10(19)7-13(12)20/h3-8,17H,9H2,1-2H3,(H,21,23). The Morgan fingerprint density at radius 1 is 1.19 bits per heavy atom. The number of carbonyl (C=O) groups excluding carboxylic acids is 1. The lowest BCUT2D eigenvalue weighted by Crippen LogP contribution is -2.28. The zero-order valence-corrected chi connectivity index (χ0v) is 15.6. The van der Waals surface area contributed by atoms with E-state index in [0.29, 0.717) is 44.9 Å². The summed E-state index contributed by atoms with van der Waals surface area (Å²) in [5.41, 5.74) is 1.76. The van der Waals surface area contributed by atoms with E-state index in [2.05, 4.69) is 10.5 Å². The molecule has 1 atom stereocenters. The molecule has 0 saturated heterocycles. The zero-order chi connectivity index (χ0) is 18.7. The Labute approximate surface area is 160 Å². The van der Waals surface area contributed by atoms with Gasteiger partial charge < -0.3 is 19.6 Å². The van der Waals surface area contributed by atoms with Gasteiger partial charge in [-0.05, 0) is 24.3 Å². The van der Waals surface area contributed by atoms with Crippen molar-refractivity contribution in [2.45, 2.75) is 12.5 Å². The number of benzene rings is 2. The molecule has 2 aromatic rings. The van der Waals surface area contributed by atoms with Gasteiger partial charge in [0.1, 0.15) is 11.5 Å². The molecule has 0 saturated carbocycles. The summed E-state index contributed by atoms with van der Waals surface area (Å²) in [6.45, 7) is 0. The minimum Gasteiger partial charge on any atom is -0.497 e. The number of nitrogens with one attached hydrogen (secondary N) is 1. The highest BCUT2D eigenvalue weighted by atomic mass is 35.5. The van der Waals surface area contributed by atoms with Gasteiger partial charge in [0, 0.05) is 23.1 Å². The molecule has 0 bridgehead atoms. The van der Waals surface area contributed by atoms with Crippen molar-refractivity contribution in [2.75, 3.05) is 19.5 Å². The van der Waals surface area contributed by atoms with E-state index < -0.39 is 6.10 Å². The van der Waals surface area contributed by atoms with E-state index in [9.17, 15) is 4.79 Å². The number of hydrogen-bond donors (Lipinski definition) is 1. The Kier molecular flexibility index (Phi) is 5.54. The summed E-state index contributed by atoms with van der Waals surface area (Å²) in [6.07, 6.45) is -0.480. The number of methoxy groups -OCH3 is 2. The number of nitrogens with zero attached hydrogens (tertiary/aromatic N) is 1. The van der Waals surface area contributed by atoms with Gasteiger partial charge in [0.2, 0.25) is 6.10 Å². The Balaban J connectivity index is 1.71. The van der Waals surface area contributed by atoms with Crippen LogP contribution in [0.15, 0.2) is 41.6 Å². The number of rotatable bonds is 5. The third kappa shape index (κ3) is 3.86. The number of hydrogen-bond acceptors (Lipinski definition) is 5. The van der Waals surface area contributed by atoms with Crippen molar-refractivity contribution in [3.05, 3.63) is 52.0 Å². The van der Waals surface area contributed by atoms with Crippen LogP contribution < -0.4 is 14.8 Å². The van der Waals surface area contributed by atoms with E-state index in [1.807, 2.05) is 0 Å². The van der Waals surface area contributed by atoms with Crippen molar-refractivity contribution in [1.29, 1.82) is 0 Å². The Morgan fingerprint density at radius 2 is 2.00 bits per heavy atom. The van der Waals surface area contributed by atoms with E-state index in [-0.39, 0.29) is 5.91 Å². The largest absolute Gasteiger partial charge is 0.497 e. The molecule has 3 rings (SSSR count). The highest BCUT2D eigenvalue weighted by Crippen LogP contribution is 2.30. The van der Waals surface area contributed by atoms with Crippen LogP contribution in [0.4, 0.5) is 5.69 Å². The van der Waals surface area contributed by atoms with E-state index in [1.165, 1.54) is 7.11 Å². The Morgan fingerprint density at radius 3 is 2.69 bits per heavy atom. The minimum absolute atomic E-state index is 0.291. The molecule has 136 valence electrons. The van der Waals surface area contributed by atoms with Crippen molar-refractivity contribution < 1.29 is 19.1 Å². The monoisotopic (exact) mass is 394 g/mol. The van der Waals surface area contributed by atoms with Crippen LogP contribution in [0.25, 0.3) is 0 Å². The first-order chi connectivity index (χ1) is 12.5. The third-order valence-corrected chi connectivity index (χ3v) is 4.42. The van der Waals surface area contributed by atoms with Gasteiger partial charge >= 0.3 is 0 Å². The van der Waals surface area contributed by atoms with Crippen molar-refractivity contribution in [2.24, 2.45) is 5.16 Å². The maximum atomic E-state index is 12.5. The van der Waals surface area contributed by atoms with E-state index in [1.54, 1.807) is 43.5 Å². The van der Waals surface area contributed by atoms with Crippen LogP contribution in [0.1, 0.15) is 12.0 Å². The second-order valence-electron chi connectivity index (χ2n) is 5.52. The molecule has 1 amide bonds. The lowest BCUT2D eigenvalue weighted by atomic mass is 10.0. The summed E-state index contributed by atoms with van der Waals surface area (Å²) < 4.78 is 10.4. The summed E-state index contributed by atoms with van der Waals surface area (Å²) in [5.74, 6) is 0.762. The van der Waals surface area contributed by atoms with Crippen molar-refractivity contribution in [3.8, 4) is 11.5 Å². The molecule has 0 aromatic heterocycles. The predicted octanol–water partition coefficient (Wildman–Crippen LogP) is 4.14. The van der Waals surface area contributed by atoms with Crippen LogP contribution in [0, 0.1) is 0 Å². The molecule has 8 heteroatoms. The first kappa shape index (κ1) is 18.4. The number of anilines is 1. The molecular formula is C18H16Cl2N2O4. The van der Waals surface area contributed by atoms with E-state index in [4.69, 9.17) is 37.5 Å². The number of carbonyl (C=O) groups is 1. The summed E-state index contributed by atoms with van der Waals surface area (Å²) >= 11 is 12.1. The molecule has 0 fully saturated rings. The van der Waals surface area contributed by atoms with E-state index >= 15 is 0 Å². The molecule has 6 nitrogen and oxygen atoms in total. The fraction of sp³-hybridized carbons (Fsp3) is 0.222. The Bertz CT molecular complexity index is 870. The van der Waals surface area contributed by atoms with Gasteiger partial charge in [-0.3, -0.25) is 4.79 Å². The number of oxime groups is 1. The Hall–Kier alpha value is -2.44. The normalized spacial score (nSPS) is 15.8. The molecule has 2 aromatic carbocycles. The molecule has 0 spiro atoms. The molecule has 1 aliphatic rings. The second kappa shape index (κ2) is 7.85. The first-order valence-electron chi connectivity index (χ1n) is 7.73. The number of halogens is 2. The maximum absolute atomic E-state index is 12.5. The SMILES string of the molecule is COc1ccc(OC)c(NC(=O)C2CC(c3ccc(Cl)cc3Cl)=NO2)c1. The van der Waals surface area contributed by atoms with Crippen LogP contribution in [-0.2, 0) is 9.63 Å². The molecule has 1 N–H and O–H groups in total. The molecule has 1 unspecified atom stereocenters. The van der Waals surface area contributed by atoms with Crippen LogP contribution in [0.2, 0.25) is 10.0 Å². The zero-order valence-electron chi connectivity index (χ0n) is 14.1. The smallest absolute Gasteiger partial charge is 0.268 e. The van der Waals surface area contributed by atoms with Crippen molar-refractivity contribution >= 4 is 40.5 Å². The summed E-state index contributed by atoms with van der Waals surface area (Å²) in [5, 5.41) is 7.75. The third-order valence-electron chi connectivity index (χ3n) is 3.87. The van der Waals surface area contributed by atoms with E-state index in [0.717, 1.165) is 0 Å². The average molecular weight is 395 g/mol. The molecule has 1 heterocycles. The minimum atomic E-state index is -0.771. The summed E-state index contributed by atoms with van der Waals surface area (Å²) in [4.78, 5) is 17.8. The van der Waals surface area contributed by atoms with Gasteiger partial charge in [0.25, 0.3) is 5.91 Å². The maximum Gasteiger partial charge on any atom is 0.268 e. The van der Waals surface area contributed by atoms with Crippen molar-refractivity contribution in [3.63, 3.8) is 0 Å². The summed E-state index contributed by atoms with van der Waals surface area (Å²) in [7, 11) is 3.07. The molecular weight excluding hydrogens is 379 g/mol. The van der Waals surface area contributed by atoms with Gasteiger partial charge in [-0.15, -0.1) is 0 Å².